The number of amides is 3. The molecule has 3 amide bonds. The Hall–Kier alpha value is -3.95. The molecule has 0 aromatic heterocycles. The van der Waals surface area contributed by atoms with Gasteiger partial charge < -0.3 is 29.3 Å². The maximum Gasteiger partial charge on any atom is 0.253 e. The normalized spacial score (nSPS) is 25.9. The summed E-state index contributed by atoms with van der Waals surface area (Å²) in [6.07, 6.45) is 5.97. The molecule has 5 atom stereocenters. The second-order valence-electron chi connectivity index (χ2n) is 12.9. The zero-order chi connectivity index (χ0) is 33.9. The van der Waals surface area contributed by atoms with E-state index in [0.717, 1.165) is 16.8 Å². The van der Waals surface area contributed by atoms with E-state index in [4.69, 9.17) is 9.47 Å². The van der Waals surface area contributed by atoms with E-state index in [1.807, 2.05) is 70.2 Å². The Morgan fingerprint density at radius 1 is 1.00 bits per heavy atom. The quantitative estimate of drug-likeness (QED) is 0.207. The van der Waals surface area contributed by atoms with Gasteiger partial charge in [-0.25, -0.2) is 0 Å². The summed E-state index contributed by atoms with van der Waals surface area (Å²) >= 11 is 0. The Bertz CT molecular complexity index is 1490. The van der Waals surface area contributed by atoms with Gasteiger partial charge in [0.1, 0.15) is 17.4 Å². The van der Waals surface area contributed by atoms with Crippen molar-refractivity contribution >= 4 is 29.1 Å². The average molecular weight is 644 g/mol. The third-order valence-corrected chi connectivity index (χ3v) is 10.3. The van der Waals surface area contributed by atoms with Crippen molar-refractivity contribution < 1.29 is 29.0 Å². The van der Waals surface area contributed by atoms with Crippen molar-refractivity contribution in [3.8, 4) is 5.75 Å². The highest BCUT2D eigenvalue weighted by molar-refractivity contribution is 6.07. The predicted octanol–water partition coefficient (Wildman–Crippen LogP) is 5.37. The van der Waals surface area contributed by atoms with E-state index in [0.29, 0.717) is 50.1 Å². The fourth-order valence-electron chi connectivity index (χ4n) is 8.32. The van der Waals surface area contributed by atoms with Crippen LogP contribution in [0.2, 0.25) is 0 Å². The van der Waals surface area contributed by atoms with Crippen molar-refractivity contribution in [2.75, 3.05) is 42.6 Å². The summed E-state index contributed by atoms with van der Waals surface area (Å²) in [5.41, 5.74) is 1.29. The molecule has 0 radical (unpaired) electrons. The lowest BCUT2D eigenvalue weighted by Gasteiger charge is -2.37. The molecule has 3 heterocycles. The van der Waals surface area contributed by atoms with Gasteiger partial charge in [-0.15, -0.1) is 13.2 Å². The monoisotopic (exact) mass is 643 g/mol. The number of para-hydroxylation sites is 1. The lowest BCUT2D eigenvalue weighted by atomic mass is 9.64. The first kappa shape index (κ1) is 34.4. The van der Waals surface area contributed by atoms with Crippen LogP contribution in [0.5, 0.6) is 5.75 Å². The van der Waals surface area contributed by atoms with E-state index in [2.05, 4.69) is 13.2 Å². The summed E-state index contributed by atoms with van der Waals surface area (Å²) in [5, 5.41) is 9.58. The molecule has 2 aromatic carbocycles. The molecular formula is C38H49N3O6. The van der Waals surface area contributed by atoms with Crippen molar-refractivity contribution in [2.45, 2.75) is 77.0 Å². The Balaban J connectivity index is 1.60. The molecule has 1 spiro atoms. The number of likely N-dealkylation sites (tertiary alicyclic amines) is 1. The summed E-state index contributed by atoms with van der Waals surface area (Å²) in [4.78, 5) is 49.6. The van der Waals surface area contributed by atoms with E-state index in [-0.39, 0.29) is 44.0 Å². The largest absolute Gasteiger partial charge is 0.494 e. The highest BCUT2D eigenvalue weighted by Crippen LogP contribution is 2.65. The van der Waals surface area contributed by atoms with E-state index in [9.17, 15) is 14.7 Å². The number of fused-ring (bicyclic) bond motifs is 1. The van der Waals surface area contributed by atoms with Crippen LogP contribution in [-0.4, -0.2) is 77.8 Å². The van der Waals surface area contributed by atoms with Crippen LogP contribution in [0.25, 0.3) is 0 Å². The molecule has 47 heavy (non-hydrogen) atoms. The molecule has 2 bridgehead atoms. The minimum absolute atomic E-state index is 0.0185. The van der Waals surface area contributed by atoms with E-state index < -0.39 is 29.1 Å². The second-order valence-corrected chi connectivity index (χ2v) is 12.9. The average Bonchev–Trinajstić information content (AvgIpc) is 3.67. The maximum absolute atomic E-state index is 15.0. The van der Waals surface area contributed by atoms with Gasteiger partial charge in [0.2, 0.25) is 11.8 Å². The van der Waals surface area contributed by atoms with Crippen molar-refractivity contribution in [2.24, 2.45) is 11.8 Å². The molecule has 3 aliphatic rings. The molecule has 5 rings (SSSR count). The third kappa shape index (κ3) is 5.78. The summed E-state index contributed by atoms with van der Waals surface area (Å²) in [5.74, 6) is -1.60. The van der Waals surface area contributed by atoms with Crippen molar-refractivity contribution in [1.82, 2.24) is 4.90 Å². The Morgan fingerprint density at radius 2 is 1.66 bits per heavy atom. The number of aliphatic hydroxyl groups excluding tert-OH is 1. The number of hydrogen-bond donors (Lipinski definition) is 1. The van der Waals surface area contributed by atoms with Crippen LogP contribution in [0.3, 0.4) is 0 Å². The van der Waals surface area contributed by atoms with Gasteiger partial charge in [-0.05, 0) is 88.3 Å². The molecule has 2 aromatic rings. The fraction of sp³-hybridized carbons (Fsp3) is 0.500. The van der Waals surface area contributed by atoms with E-state index >= 15 is 4.79 Å². The van der Waals surface area contributed by atoms with Crippen LogP contribution in [0.4, 0.5) is 11.4 Å². The topological polar surface area (TPSA) is 99.6 Å². The highest BCUT2D eigenvalue weighted by Gasteiger charge is 2.79. The highest BCUT2D eigenvalue weighted by atomic mass is 16.5. The minimum Gasteiger partial charge on any atom is -0.494 e. The number of aryl methyl sites for hydroxylation is 2. The number of anilines is 2. The standard InChI is InChI=1S/C38H49N3O6/c1-7-22-39(28-16-18-29(19-17-28)46-10-4)34(43)30-31-35(44)41(24-11-12-25-42)33(38(31)21-20-37(30,9-3)47-38)36(45)40(23-8-2)32-26(5)14-13-15-27(32)6/h7-8,13-19,30-31,33,42H,1-2,9-12,20-25H2,3-6H3/t30-,31+,33?,37+,38?/m1/s1. The summed E-state index contributed by atoms with van der Waals surface area (Å²) in [6.45, 7) is 17.0. The minimum atomic E-state index is -1.17. The molecular weight excluding hydrogens is 594 g/mol. The van der Waals surface area contributed by atoms with E-state index in [1.54, 1.807) is 26.9 Å². The number of aliphatic hydroxyl groups is 1. The number of carbonyl (C=O) groups excluding carboxylic acids is 3. The molecule has 9 nitrogen and oxygen atoms in total. The lowest BCUT2D eigenvalue weighted by Crippen LogP contribution is -2.57. The van der Waals surface area contributed by atoms with Gasteiger partial charge in [-0.2, -0.15) is 0 Å². The van der Waals surface area contributed by atoms with Crippen molar-refractivity contribution in [3.63, 3.8) is 0 Å². The van der Waals surface area contributed by atoms with Gasteiger partial charge in [0.05, 0.1) is 24.0 Å². The van der Waals surface area contributed by atoms with Crippen molar-refractivity contribution in [3.05, 3.63) is 78.9 Å². The van der Waals surface area contributed by atoms with Gasteiger partial charge in [0, 0.05) is 37.6 Å². The number of rotatable bonds is 15. The molecule has 3 aliphatic heterocycles. The Morgan fingerprint density at radius 3 is 2.26 bits per heavy atom. The zero-order valence-corrected chi connectivity index (χ0v) is 28.2. The maximum atomic E-state index is 15.0. The van der Waals surface area contributed by atoms with Crippen LogP contribution in [0.1, 0.15) is 57.1 Å². The van der Waals surface area contributed by atoms with Gasteiger partial charge in [0.15, 0.2) is 0 Å². The number of benzene rings is 2. The van der Waals surface area contributed by atoms with Gasteiger partial charge >= 0.3 is 0 Å². The van der Waals surface area contributed by atoms with Crippen LogP contribution in [-0.2, 0) is 19.1 Å². The summed E-state index contributed by atoms with van der Waals surface area (Å²) in [7, 11) is 0. The molecule has 3 fully saturated rings. The molecule has 0 aliphatic carbocycles. The van der Waals surface area contributed by atoms with E-state index in [1.165, 1.54) is 0 Å². The van der Waals surface area contributed by atoms with Crippen LogP contribution < -0.4 is 14.5 Å². The molecule has 9 heteroatoms. The number of hydrogen-bond acceptors (Lipinski definition) is 6. The molecule has 0 saturated carbocycles. The lowest BCUT2D eigenvalue weighted by molar-refractivity contribution is -0.146. The first-order valence-corrected chi connectivity index (χ1v) is 16.9. The van der Waals surface area contributed by atoms with Gasteiger partial charge in [-0.3, -0.25) is 14.4 Å². The molecule has 2 unspecified atom stereocenters. The fourth-order valence-corrected chi connectivity index (χ4v) is 8.32. The first-order valence-electron chi connectivity index (χ1n) is 16.9. The zero-order valence-electron chi connectivity index (χ0n) is 28.2. The Labute approximate surface area is 278 Å². The van der Waals surface area contributed by atoms with Crippen LogP contribution >= 0.6 is 0 Å². The van der Waals surface area contributed by atoms with Crippen LogP contribution in [0, 0.1) is 25.7 Å². The third-order valence-electron chi connectivity index (χ3n) is 10.3. The van der Waals surface area contributed by atoms with Crippen molar-refractivity contribution in [1.29, 1.82) is 0 Å². The van der Waals surface area contributed by atoms with Gasteiger partial charge in [-0.1, -0.05) is 37.3 Å². The number of carbonyl (C=O) groups is 3. The van der Waals surface area contributed by atoms with Crippen LogP contribution in [0.15, 0.2) is 67.8 Å². The SMILES string of the molecule is C=CCN(C(=O)[C@H]1[C@H]2C(=O)N(CCCCO)C(C(=O)N(CC=C)c3c(C)cccc3C)C23CC[C@]1(CC)O3)c1ccc(OCC)cc1. The number of ether oxygens (including phenoxy) is 2. The molecule has 3 saturated heterocycles. The Kier molecular flexibility index (Phi) is 10.3. The molecule has 252 valence electrons. The van der Waals surface area contributed by atoms with Gasteiger partial charge in [0.25, 0.3) is 5.91 Å². The number of unbranched alkanes of at least 4 members (excludes halogenated alkanes) is 1. The molecule has 1 N–H and O–H groups in total. The summed E-state index contributed by atoms with van der Waals surface area (Å²) < 4.78 is 12.7. The first-order chi connectivity index (χ1) is 22.6. The second kappa shape index (κ2) is 14.0. The predicted molar refractivity (Wildman–Crippen MR) is 183 cm³/mol. The smallest absolute Gasteiger partial charge is 0.253 e. The number of nitrogens with zero attached hydrogens (tertiary/aromatic N) is 3. The summed E-state index contributed by atoms with van der Waals surface area (Å²) in [6, 6.07) is 12.3.